The molecule has 2 aromatic carbocycles. The number of fused-ring (bicyclic) bond motifs is 2. The van der Waals surface area contributed by atoms with Crippen LogP contribution in [0.3, 0.4) is 0 Å². The van der Waals surface area contributed by atoms with Gasteiger partial charge in [-0.25, -0.2) is 0 Å². The minimum absolute atomic E-state index is 0.115. The number of hydrogen-bond donors (Lipinski definition) is 1. The highest BCUT2D eigenvalue weighted by Crippen LogP contribution is 2.25. The Morgan fingerprint density at radius 1 is 0.929 bits per heavy atom. The highest BCUT2D eigenvalue weighted by atomic mass is 16.1. The predicted molar refractivity (Wildman–Crippen MR) is 114 cm³/mol. The van der Waals surface area contributed by atoms with Crippen LogP contribution in [-0.2, 0) is 19.4 Å². The third-order valence-corrected chi connectivity index (χ3v) is 6.43. The van der Waals surface area contributed by atoms with Gasteiger partial charge >= 0.3 is 0 Å². The maximum Gasteiger partial charge on any atom is 0.189 e. The monoisotopic (exact) mass is 373 g/mol. The van der Waals surface area contributed by atoms with Crippen LogP contribution in [0.15, 0.2) is 59.4 Å². The molecule has 144 valence electrons. The lowest BCUT2D eigenvalue weighted by Gasteiger charge is -2.41. The molecule has 28 heavy (non-hydrogen) atoms. The van der Waals surface area contributed by atoms with Crippen molar-refractivity contribution in [1.82, 2.24) is 14.8 Å². The van der Waals surface area contributed by atoms with E-state index in [-0.39, 0.29) is 5.43 Å². The summed E-state index contributed by atoms with van der Waals surface area (Å²) >= 11 is 0. The number of H-pyrrole nitrogens is 1. The van der Waals surface area contributed by atoms with E-state index in [0.29, 0.717) is 6.04 Å². The van der Waals surface area contributed by atoms with Crippen LogP contribution < -0.4 is 5.43 Å². The van der Waals surface area contributed by atoms with Gasteiger partial charge in [0.2, 0.25) is 0 Å². The highest BCUT2D eigenvalue weighted by Gasteiger charge is 2.27. The second-order valence-electron chi connectivity index (χ2n) is 8.18. The highest BCUT2D eigenvalue weighted by molar-refractivity contribution is 5.78. The van der Waals surface area contributed by atoms with Gasteiger partial charge in [0.1, 0.15) is 0 Å². The molecular weight excluding hydrogens is 346 g/mol. The van der Waals surface area contributed by atoms with Gasteiger partial charge in [-0.2, -0.15) is 0 Å². The molecule has 1 fully saturated rings. The van der Waals surface area contributed by atoms with Gasteiger partial charge in [-0.15, -0.1) is 0 Å². The summed E-state index contributed by atoms with van der Waals surface area (Å²) in [6.45, 7) is 5.18. The third kappa shape index (κ3) is 3.50. The van der Waals surface area contributed by atoms with Crippen LogP contribution in [0.4, 0.5) is 0 Å². The van der Waals surface area contributed by atoms with E-state index in [1.807, 2.05) is 24.3 Å². The topological polar surface area (TPSA) is 39.3 Å². The predicted octanol–water partition coefficient (Wildman–Crippen LogP) is 3.20. The molecule has 4 nitrogen and oxygen atoms in total. The third-order valence-electron chi connectivity index (χ3n) is 6.43. The number of aromatic amines is 1. The molecule has 2 heterocycles. The summed E-state index contributed by atoms with van der Waals surface area (Å²) < 4.78 is 0. The van der Waals surface area contributed by atoms with Crippen molar-refractivity contribution in [3.8, 4) is 0 Å². The number of aromatic nitrogens is 1. The molecule has 1 atom stereocenters. The zero-order valence-electron chi connectivity index (χ0n) is 16.2. The standard InChI is InChI=1S/C24H27N3O/c28-24-16-20(25-23-8-4-3-7-22(23)24)17-26-11-13-27(14-12-26)21-10-9-18-5-1-2-6-19(18)15-21/h1-8,16,21H,9-15,17H2,(H,25,28)/t21-/m1/s1. The summed E-state index contributed by atoms with van der Waals surface area (Å²) in [5.41, 5.74) is 5.14. The Bertz CT molecular complexity index is 1030. The minimum atomic E-state index is 0.115. The summed E-state index contributed by atoms with van der Waals surface area (Å²) in [5, 5.41) is 0.772. The molecular formula is C24H27N3O. The lowest BCUT2D eigenvalue weighted by molar-refractivity contribution is 0.0850. The lowest BCUT2D eigenvalue weighted by Crippen LogP contribution is -2.51. The molecule has 4 heteroatoms. The van der Waals surface area contributed by atoms with Crippen molar-refractivity contribution in [3.63, 3.8) is 0 Å². The number of para-hydroxylation sites is 1. The van der Waals surface area contributed by atoms with Crippen molar-refractivity contribution in [3.05, 3.63) is 81.6 Å². The number of rotatable bonds is 3. The Balaban J connectivity index is 1.22. The average Bonchev–Trinajstić information content (AvgIpc) is 2.74. The Morgan fingerprint density at radius 3 is 2.54 bits per heavy atom. The number of piperazine rings is 1. The molecule has 0 amide bonds. The van der Waals surface area contributed by atoms with Crippen LogP contribution in [0.5, 0.6) is 0 Å². The summed E-state index contributed by atoms with van der Waals surface area (Å²) in [7, 11) is 0. The molecule has 2 aliphatic rings. The summed E-state index contributed by atoms with van der Waals surface area (Å²) in [6.07, 6.45) is 3.67. The van der Waals surface area contributed by atoms with Gasteiger partial charge in [-0.3, -0.25) is 14.6 Å². The van der Waals surface area contributed by atoms with Crippen molar-refractivity contribution < 1.29 is 0 Å². The van der Waals surface area contributed by atoms with Gasteiger partial charge in [0.05, 0.1) is 0 Å². The summed E-state index contributed by atoms with van der Waals surface area (Å²) in [5.74, 6) is 0. The van der Waals surface area contributed by atoms with Crippen molar-refractivity contribution in [2.75, 3.05) is 26.2 Å². The Hall–Kier alpha value is -2.43. The molecule has 3 aromatic rings. The lowest BCUT2D eigenvalue weighted by atomic mass is 9.87. The molecule has 1 aromatic heterocycles. The molecule has 5 rings (SSSR count). The molecule has 1 aliphatic carbocycles. The van der Waals surface area contributed by atoms with Crippen LogP contribution in [0.2, 0.25) is 0 Å². The second-order valence-corrected chi connectivity index (χ2v) is 8.18. The van der Waals surface area contributed by atoms with E-state index in [1.165, 1.54) is 30.4 Å². The molecule has 0 spiro atoms. The van der Waals surface area contributed by atoms with Crippen LogP contribution in [-0.4, -0.2) is 47.0 Å². The van der Waals surface area contributed by atoms with Gasteiger partial charge in [0, 0.05) is 61.4 Å². The van der Waals surface area contributed by atoms with E-state index < -0.39 is 0 Å². The van der Waals surface area contributed by atoms with E-state index in [4.69, 9.17) is 0 Å². The zero-order chi connectivity index (χ0) is 18.9. The number of hydrogen-bond acceptors (Lipinski definition) is 3. The van der Waals surface area contributed by atoms with Gasteiger partial charge in [-0.05, 0) is 42.5 Å². The van der Waals surface area contributed by atoms with Crippen molar-refractivity contribution in [2.24, 2.45) is 0 Å². The van der Waals surface area contributed by atoms with Gasteiger partial charge in [-0.1, -0.05) is 36.4 Å². The fraction of sp³-hybridized carbons (Fsp3) is 0.375. The van der Waals surface area contributed by atoms with Gasteiger partial charge < -0.3 is 4.98 Å². The first-order valence-corrected chi connectivity index (χ1v) is 10.4. The van der Waals surface area contributed by atoms with Crippen molar-refractivity contribution in [2.45, 2.75) is 31.8 Å². The fourth-order valence-corrected chi connectivity index (χ4v) is 4.85. The molecule has 1 saturated heterocycles. The largest absolute Gasteiger partial charge is 0.357 e. The summed E-state index contributed by atoms with van der Waals surface area (Å²) in [6, 6.07) is 19.1. The minimum Gasteiger partial charge on any atom is -0.357 e. The molecule has 0 radical (unpaired) electrons. The zero-order valence-corrected chi connectivity index (χ0v) is 16.2. The number of nitrogens with zero attached hydrogens (tertiary/aromatic N) is 2. The van der Waals surface area contributed by atoms with Crippen LogP contribution in [0, 0.1) is 0 Å². The Labute approximate surface area is 165 Å². The molecule has 0 unspecified atom stereocenters. The van der Waals surface area contributed by atoms with E-state index in [2.05, 4.69) is 39.0 Å². The van der Waals surface area contributed by atoms with Gasteiger partial charge in [0.15, 0.2) is 5.43 Å². The smallest absolute Gasteiger partial charge is 0.189 e. The van der Waals surface area contributed by atoms with E-state index in [0.717, 1.165) is 49.3 Å². The number of aryl methyl sites for hydroxylation is 1. The molecule has 1 aliphatic heterocycles. The van der Waals surface area contributed by atoms with Crippen molar-refractivity contribution in [1.29, 1.82) is 0 Å². The average molecular weight is 374 g/mol. The fourth-order valence-electron chi connectivity index (χ4n) is 4.85. The van der Waals surface area contributed by atoms with Crippen LogP contribution in [0.25, 0.3) is 10.9 Å². The first kappa shape index (κ1) is 17.7. The van der Waals surface area contributed by atoms with E-state index in [1.54, 1.807) is 6.07 Å². The molecule has 1 N–H and O–H groups in total. The first-order valence-electron chi connectivity index (χ1n) is 10.4. The van der Waals surface area contributed by atoms with Crippen LogP contribution in [0.1, 0.15) is 23.2 Å². The van der Waals surface area contributed by atoms with Gasteiger partial charge in [0.25, 0.3) is 0 Å². The number of benzene rings is 2. The SMILES string of the molecule is O=c1cc(CN2CCN([C@@H]3CCc4ccccc4C3)CC2)[nH]c2ccccc12. The normalized spacial score (nSPS) is 20.9. The number of pyridine rings is 1. The molecule has 0 bridgehead atoms. The summed E-state index contributed by atoms with van der Waals surface area (Å²) in [4.78, 5) is 20.9. The van der Waals surface area contributed by atoms with E-state index in [9.17, 15) is 4.79 Å². The molecule has 0 saturated carbocycles. The Kier molecular flexibility index (Phi) is 4.75. The number of nitrogens with one attached hydrogen (secondary N) is 1. The maximum absolute atomic E-state index is 12.4. The Morgan fingerprint density at radius 2 is 1.68 bits per heavy atom. The van der Waals surface area contributed by atoms with Crippen LogP contribution >= 0.6 is 0 Å². The quantitative estimate of drug-likeness (QED) is 0.766. The van der Waals surface area contributed by atoms with E-state index >= 15 is 0 Å². The second kappa shape index (κ2) is 7.53. The van der Waals surface area contributed by atoms with Crippen molar-refractivity contribution >= 4 is 10.9 Å². The maximum atomic E-state index is 12.4. The first-order chi connectivity index (χ1) is 13.8.